The van der Waals surface area contributed by atoms with E-state index in [-0.39, 0.29) is 6.42 Å². The third-order valence-electron chi connectivity index (χ3n) is 3.73. The van der Waals surface area contributed by atoms with Gasteiger partial charge in [-0.25, -0.2) is 4.79 Å². The maximum absolute atomic E-state index is 12.3. The lowest BCUT2D eigenvalue weighted by molar-refractivity contribution is -0.136. The number of amides is 2. The van der Waals surface area contributed by atoms with E-state index in [0.29, 0.717) is 35.0 Å². The van der Waals surface area contributed by atoms with Crippen molar-refractivity contribution in [2.24, 2.45) is 0 Å². The van der Waals surface area contributed by atoms with Crippen LogP contribution in [0.4, 0.5) is 16.2 Å². The van der Waals surface area contributed by atoms with Gasteiger partial charge in [0.05, 0.1) is 27.0 Å². The van der Waals surface area contributed by atoms with Crippen molar-refractivity contribution in [2.45, 2.75) is 12.8 Å². The van der Waals surface area contributed by atoms with Crippen molar-refractivity contribution in [1.29, 1.82) is 0 Å². The first-order chi connectivity index (χ1) is 13.0. The number of benzene rings is 2. The van der Waals surface area contributed by atoms with Crippen molar-refractivity contribution >= 4 is 23.4 Å². The number of urea groups is 1. The molecule has 0 heterocycles. The number of aryl methyl sites for hydroxylation is 1. The molecule has 3 N–H and O–H groups in total. The maximum Gasteiger partial charge on any atom is 0.323 e. The van der Waals surface area contributed by atoms with Gasteiger partial charge in [0.25, 0.3) is 0 Å². The van der Waals surface area contributed by atoms with Gasteiger partial charge < -0.3 is 30.0 Å². The van der Waals surface area contributed by atoms with Gasteiger partial charge in [-0.3, -0.25) is 4.79 Å². The quantitative estimate of drug-likeness (QED) is 0.654. The number of aliphatic carboxylic acids is 1. The minimum atomic E-state index is -0.867. The summed E-state index contributed by atoms with van der Waals surface area (Å²) in [6, 6.07) is 9.79. The predicted molar refractivity (Wildman–Crippen MR) is 101 cm³/mol. The predicted octanol–water partition coefficient (Wildman–Crippen LogP) is 3.37. The van der Waals surface area contributed by atoms with E-state index in [4.69, 9.17) is 19.3 Å². The molecule has 8 heteroatoms. The summed E-state index contributed by atoms with van der Waals surface area (Å²) < 4.78 is 15.8. The summed E-state index contributed by atoms with van der Waals surface area (Å²) in [6.45, 7) is 0. The smallest absolute Gasteiger partial charge is 0.323 e. The van der Waals surface area contributed by atoms with Crippen LogP contribution in [-0.4, -0.2) is 38.4 Å². The number of carboxylic acid groups (broad SMARTS) is 1. The van der Waals surface area contributed by atoms with Gasteiger partial charge in [-0.15, -0.1) is 0 Å². The second-order valence-electron chi connectivity index (χ2n) is 5.59. The molecular formula is C19H22N2O6. The highest BCUT2D eigenvalue weighted by molar-refractivity contribution is 6.00. The van der Waals surface area contributed by atoms with Crippen LogP contribution in [0.15, 0.2) is 36.4 Å². The van der Waals surface area contributed by atoms with Crippen LogP contribution in [0.3, 0.4) is 0 Å². The van der Waals surface area contributed by atoms with E-state index < -0.39 is 12.0 Å². The lowest BCUT2D eigenvalue weighted by Crippen LogP contribution is -2.19. The average Bonchev–Trinajstić information content (AvgIpc) is 2.65. The Morgan fingerprint density at radius 1 is 0.926 bits per heavy atom. The molecule has 0 aliphatic heterocycles. The third kappa shape index (κ3) is 5.53. The molecule has 27 heavy (non-hydrogen) atoms. The molecular weight excluding hydrogens is 352 g/mol. The maximum atomic E-state index is 12.3. The van der Waals surface area contributed by atoms with E-state index in [1.54, 1.807) is 30.3 Å². The van der Waals surface area contributed by atoms with Gasteiger partial charge in [0.15, 0.2) is 11.5 Å². The van der Waals surface area contributed by atoms with Gasteiger partial charge in [-0.2, -0.15) is 0 Å². The molecule has 0 spiro atoms. The second kappa shape index (κ2) is 9.33. The van der Waals surface area contributed by atoms with Gasteiger partial charge in [-0.1, -0.05) is 12.1 Å². The van der Waals surface area contributed by atoms with Gasteiger partial charge in [0, 0.05) is 24.2 Å². The minimum absolute atomic E-state index is 0.0289. The molecule has 8 nitrogen and oxygen atoms in total. The summed E-state index contributed by atoms with van der Waals surface area (Å²) in [4.78, 5) is 23.0. The first-order valence-electron chi connectivity index (χ1n) is 8.15. The van der Waals surface area contributed by atoms with E-state index in [1.807, 2.05) is 6.07 Å². The second-order valence-corrected chi connectivity index (χ2v) is 5.59. The summed E-state index contributed by atoms with van der Waals surface area (Å²) >= 11 is 0. The van der Waals surface area contributed by atoms with Gasteiger partial charge >= 0.3 is 12.0 Å². The van der Waals surface area contributed by atoms with Gasteiger partial charge in [0.1, 0.15) is 0 Å². The standard InChI is InChI=1S/C19H22N2O6/c1-25-15-10-14(11-16(26-2)18(15)27-3)21-19(24)20-13-6-4-5-12(9-13)7-8-17(22)23/h4-6,9-11H,7-8H2,1-3H3,(H,22,23)(H2,20,21,24). The van der Waals surface area contributed by atoms with Crippen LogP contribution in [-0.2, 0) is 11.2 Å². The fraction of sp³-hybridized carbons (Fsp3) is 0.263. The molecule has 2 amide bonds. The zero-order chi connectivity index (χ0) is 19.8. The average molecular weight is 374 g/mol. The number of carboxylic acids is 1. The van der Waals surface area contributed by atoms with Gasteiger partial charge in [0.2, 0.25) is 5.75 Å². The van der Waals surface area contributed by atoms with Crippen molar-refractivity contribution in [2.75, 3.05) is 32.0 Å². The summed E-state index contributed by atoms with van der Waals surface area (Å²) in [5.74, 6) is 0.399. The molecule has 0 fully saturated rings. The summed E-state index contributed by atoms with van der Waals surface area (Å²) in [5, 5.41) is 14.2. The monoisotopic (exact) mass is 374 g/mol. The summed E-state index contributed by atoms with van der Waals surface area (Å²) in [7, 11) is 4.48. The molecule has 2 rings (SSSR count). The van der Waals surface area contributed by atoms with Crippen molar-refractivity contribution in [3.8, 4) is 17.2 Å². The molecule has 0 saturated carbocycles. The zero-order valence-corrected chi connectivity index (χ0v) is 15.4. The van der Waals surface area contributed by atoms with Crippen LogP contribution in [0.5, 0.6) is 17.2 Å². The van der Waals surface area contributed by atoms with Gasteiger partial charge in [-0.05, 0) is 24.1 Å². The van der Waals surface area contributed by atoms with E-state index in [2.05, 4.69) is 10.6 Å². The fourth-order valence-electron chi connectivity index (χ4n) is 2.50. The van der Waals surface area contributed by atoms with E-state index in [9.17, 15) is 9.59 Å². The number of carbonyl (C=O) groups is 2. The Labute approximate surface area is 157 Å². The number of hydrogen-bond acceptors (Lipinski definition) is 5. The number of nitrogens with one attached hydrogen (secondary N) is 2. The van der Waals surface area contributed by atoms with Crippen LogP contribution in [0.2, 0.25) is 0 Å². The molecule has 0 aliphatic carbocycles. The normalized spacial score (nSPS) is 10.0. The van der Waals surface area contributed by atoms with Crippen LogP contribution in [0.1, 0.15) is 12.0 Å². The Morgan fingerprint density at radius 2 is 1.56 bits per heavy atom. The topological polar surface area (TPSA) is 106 Å². The molecule has 0 aromatic heterocycles. The van der Waals surface area contributed by atoms with Crippen molar-refractivity contribution in [3.05, 3.63) is 42.0 Å². The Hall–Kier alpha value is -3.42. The van der Waals surface area contributed by atoms with Crippen LogP contribution < -0.4 is 24.8 Å². The zero-order valence-electron chi connectivity index (χ0n) is 15.4. The van der Waals surface area contributed by atoms with E-state index in [1.165, 1.54) is 21.3 Å². The van der Waals surface area contributed by atoms with Crippen LogP contribution in [0, 0.1) is 0 Å². The summed E-state index contributed by atoms with van der Waals surface area (Å²) in [6.07, 6.45) is 0.417. The Morgan fingerprint density at radius 3 is 2.11 bits per heavy atom. The largest absolute Gasteiger partial charge is 0.493 e. The molecule has 0 saturated heterocycles. The molecule has 2 aromatic carbocycles. The summed E-state index contributed by atoms with van der Waals surface area (Å²) in [5.41, 5.74) is 1.84. The van der Waals surface area contributed by atoms with E-state index in [0.717, 1.165) is 5.56 Å². The number of ether oxygens (including phenoxy) is 3. The molecule has 0 aliphatic rings. The number of methoxy groups -OCH3 is 3. The molecule has 144 valence electrons. The molecule has 2 aromatic rings. The van der Waals surface area contributed by atoms with Crippen LogP contribution in [0.25, 0.3) is 0 Å². The Balaban J connectivity index is 2.09. The first-order valence-corrected chi connectivity index (χ1v) is 8.15. The van der Waals surface area contributed by atoms with Crippen molar-refractivity contribution < 1.29 is 28.9 Å². The number of hydrogen-bond donors (Lipinski definition) is 3. The molecule has 0 radical (unpaired) electrons. The Bertz CT molecular complexity index is 797. The number of anilines is 2. The number of rotatable bonds is 8. The van der Waals surface area contributed by atoms with Crippen molar-refractivity contribution in [1.82, 2.24) is 0 Å². The van der Waals surface area contributed by atoms with Crippen molar-refractivity contribution in [3.63, 3.8) is 0 Å². The Kier molecular flexibility index (Phi) is 6.87. The third-order valence-corrected chi connectivity index (χ3v) is 3.73. The minimum Gasteiger partial charge on any atom is -0.493 e. The molecule has 0 atom stereocenters. The SMILES string of the molecule is COc1cc(NC(=O)Nc2cccc(CCC(=O)O)c2)cc(OC)c1OC. The fourth-order valence-corrected chi connectivity index (χ4v) is 2.50. The number of carbonyl (C=O) groups excluding carboxylic acids is 1. The van der Waals surface area contributed by atoms with Crippen LogP contribution >= 0.6 is 0 Å². The first kappa shape index (κ1) is 19.9. The highest BCUT2D eigenvalue weighted by Crippen LogP contribution is 2.39. The highest BCUT2D eigenvalue weighted by atomic mass is 16.5. The van der Waals surface area contributed by atoms with E-state index >= 15 is 0 Å². The lowest BCUT2D eigenvalue weighted by atomic mass is 10.1. The highest BCUT2D eigenvalue weighted by Gasteiger charge is 2.14. The molecule has 0 bridgehead atoms. The molecule has 0 unspecified atom stereocenters. The lowest BCUT2D eigenvalue weighted by Gasteiger charge is -2.15.